The lowest BCUT2D eigenvalue weighted by Gasteiger charge is -2.33. The highest BCUT2D eigenvalue weighted by atomic mass is 79.9. The van der Waals surface area contributed by atoms with Crippen molar-refractivity contribution >= 4 is 21.6 Å². The van der Waals surface area contributed by atoms with Crippen molar-refractivity contribution in [3.63, 3.8) is 0 Å². The molecule has 1 fully saturated rings. The summed E-state index contributed by atoms with van der Waals surface area (Å²) in [6.45, 7) is 7.04. The van der Waals surface area contributed by atoms with Crippen LogP contribution < -0.4 is 10.2 Å². The predicted octanol–water partition coefficient (Wildman–Crippen LogP) is 2.95. The van der Waals surface area contributed by atoms with Gasteiger partial charge in [0.1, 0.15) is 0 Å². The Morgan fingerprint density at radius 1 is 1.50 bits per heavy atom. The molecule has 1 aromatic carbocycles. The first-order chi connectivity index (χ1) is 8.61. The van der Waals surface area contributed by atoms with Gasteiger partial charge in [0.2, 0.25) is 0 Å². The predicted molar refractivity (Wildman–Crippen MR) is 79.2 cm³/mol. The minimum Gasteiger partial charge on any atom is -0.375 e. The van der Waals surface area contributed by atoms with Gasteiger partial charge in [-0.3, -0.25) is 0 Å². The Kier molecular flexibility index (Phi) is 4.65. The first-order valence-electron chi connectivity index (χ1n) is 6.45. The number of benzene rings is 1. The number of nitrogens with one attached hydrogen (secondary N) is 1. The van der Waals surface area contributed by atoms with E-state index in [2.05, 4.69) is 58.2 Å². The van der Waals surface area contributed by atoms with Gasteiger partial charge in [-0.15, -0.1) is 0 Å². The van der Waals surface area contributed by atoms with Crippen molar-refractivity contribution in [2.75, 3.05) is 31.6 Å². The number of rotatable bonds is 3. The van der Waals surface area contributed by atoms with Crippen LogP contribution in [-0.4, -0.2) is 32.8 Å². The lowest BCUT2D eigenvalue weighted by molar-refractivity contribution is 0.0532. The molecule has 2 rings (SSSR count). The maximum atomic E-state index is 5.58. The minimum absolute atomic E-state index is 0.313. The van der Waals surface area contributed by atoms with Crippen LogP contribution >= 0.6 is 15.9 Å². The van der Waals surface area contributed by atoms with Crippen molar-refractivity contribution in [1.82, 2.24) is 5.32 Å². The summed E-state index contributed by atoms with van der Waals surface area (Å²) in [6, 6.07) is 6.96. The molecule has 2 unspecified atom stereocenters. The summed E-state index contributed by atoms with van der Waals surface area (Å²) >= 11 is 3.67. The number of nitrogens with zero attached hydrogens (tertiary/aromatic N) is 1. The average molecular weight is 313 g/mol. The van der Waals surface area contributed by atoms with Crippen molar-refractivity contribution < 1.29 is 4.74 Å². The maximum Gasteiger partial charge on any atom is 0.0722 e. The smallest absolute Gasteiger partial charge is 0.0722 e. The summed E-state index contributed by atoms with van der Waals surface area (Å²) in [7, 11) is 1.98. The maximum absolute atomic E-state index is 5.58. The van der Waals surface area contributed by atoms with Crippen LogP contribution in [0.4, 0.5) is 5.69 Å². The molecule has 4 heteroatoms. The van der Waals surface area contributed by atoms with Crippen LogP contribution in [0.1, 0.15) is 25.5 Å². The van der Waals surface area contributed by atoms with Gasteiger partial charge in [-0.1, -0.05) is 22.0 Å². The van der Waals surface area contributed by atoms with Crippen LogP contribution in [0.15, 0.2) is 22.7 Å². The van der Waals surface area contributed by atoms with Crippen molar-refractivity contribution in [2.24, 2.45) is 0 Å². The van der Waals surface area contributed by atoms with Gasteiger partial charge < -0.3 is 15.0 Å². The quantitative estimate of drug-likeness (QED) is 0.928. The van der Waals surface area contributed by atoms with Gasteiger partial charge in [-0.25, -0.2) is 0 Å². The van der Waals surface area contributed by atoms with E-state index in [1.165, 1.54) is 15.7 Å². The fraction of sp³-hybridized carbons (Fsp3) is 0.571. The number of halogens is 1. The number of ether oxygens (including phenoxy) is 1. The minimum atomic E-state index is 0.313. The standard InChI is InChI=1S/C14H21BrN2O/c1-10-9-17(6-7-18-10)12-4-5-13(11(2)16-3)14(15)8-12/h4-5,8,10-11,16H,6-7,9H2,1-3H3. The molecular weight excluding hydrogens is 292 g/mol. The third kappa shape index (κ3) is 3.05. The Balaban J connectivity index is 2.17. The Morgan fingerprint density at radius 3 is 2.89 bits per heavy atom. The highest BCUT2D eigenvalue weighted by Gasteiger charge is 2.18. The van der Waals surface area contributed by atoms with Gasteiger partial charge >= 0.3 is 0 Å². The molecule has 3 nitrogen and oxygen atoms in total. The largest absolute Gasteiger partial charge is 0.375 e. The van der Waals surface area contributed by atoms with Crippen LogP contribution in [0.25, 0.3) is 0 Å². The van der Waals surface area contributed by atoms with Crippen LogP contribution in [0, 0.1) is 0 Å². The molecule has 0 amide bonds. The Morgan fingerprint density at radius 2 is 2.28 bits per heavy atom. The third-order valence-corrected chi connectivity index (χ3v) is 4.18. The monoisotopic (exact) mass is 312 g/mol. The number of morpholine rings is 1. The molecule has 0 spiro atoms. The molecule has 1 saturated heterocycles. The van der Waals surface area contributed by atoms with Gasteiger partial charge in [0, 0.05) is 29.3 Å². The van der Waals surface area contributed by atoms with Crippen LogP contribution in [0.2, 0.25) is 0 Å². The topological polar surface area (TPSA) is 24.5 Å². The summed E-state index contributed by atoms with van der Waals surface area (Å²) in [4.78, 5) is 2.38. The highest BCUT2D eigenvalue weighted by Crippen LogP contribution is 2.29. The average Bonchev–Trinajstić information content (AvgIpc) is 2.37. The van der Waals surface area contributed by atoms with E-state index < -0.39 is 0 Å². The lowest BCUT2D eigenvalue weighted by atomic mass is 10.1. The fourth-order valence-corrected chi connectivity index (χ4v) is 2.98. The molecule has 1 heterocycles. The summed E-state index contributed by atoms with van der Waals surface area (Å²) in [6.07, 6.45) is 0.313. The Labute approximate surface area is 118 Å². The zero-order chi connectivity index (χ0) is 13.1. The van der Waals surface area contributed by atoms with E-state index in [9.17, 15) is 0 Å². The van der Waals surface area contributed by atoms with Gasteiger partial charge in [-0.05, 0) is 38.6 Å². The van der Waals surface area contributed by atoms with Crippen molar-refractivity contribution in [3.8, 4) is 0 Å². The van der Waals surface area contributed by atoms with Crippen molar-refractivity contribution in [2.45, 2.75) is 26.0 Å². The molecule has 2 atom stereocenters. The first-order valence-corrected chi connectivity index (χ1v) is 7.24. The molecule has 0 aliphatic carbocycles. The zero-order valence-electron chi connectivity index (χ0n) is 11.2. The molecule has 0 bridgehead atoms. The van der Waals surface area contributed by atoms with Crippen LogP contribution in [0.5, 0.6) is 0 Å². The van der Waals surface area contributed by atoms with E-state index >= 15 is 0 Å². The third-order valence-electron chi connectivity index (χ3n) is 3.49. The van der Waals surface area contributed by atoms with Crippen LogP contribution in [0.3, 0.4) is 0 Å². The number of hydrogen-bond acceptors (Lipinski definition) is 3. The number of anilines is 1. The summed E-state index contributed by atoms with van der Waals surface area (Å²) in [5, 5.41) is 3.26. The molecule has 0 aromatic heterocycles. The SMILES string of the molecule is CNC(C)c1ccc(N2CCOC(C)C2)cc1Br. The summed E-state index contributed by atoms with van der Waals surface area (Å²) < 4.78 is 6.74. The molecule has 100 valence electrons. The van der Waals surface area contributed by atoms with E-state index in [0.717, 1.165) is 19.7 Å². The normalized spacial score (nSPS) is 22.0. The molecule has 1 aromatic rings. The van der Waals surface area contributed by atoms with E-state index in [-0.39, 0.29) is 0 Å². The summed E-state index contributed by atoms with van der Waals surface area (Å²) in [5.41, 5.74) is 2.56. The second kappa shape index (κ2) is 6.04. The van der Waals surface area contributed by atoms with Gasteiger partial charge in [0.15, 0.2) is 0 Å². The molecular formula is C14H21BrN2O. The molecule has 0 saturated carbocycles. The Bertz CT molecular complexity index is 411. The fourth-order valence-electron chi connectivity index (χ4n) is 2.27. The van der Waals surface area contributed by atoms with E-state index in [0.29, 0.717) is 12.1 Å². The lowest BCUT2D eigenvalue weighted by Crippen LogP contribution is -2.41. The molecule has 1 aliphatic heterocycles. The van der Waals surface area contributed by atoms with Crippen molar-refractivity contribution in [3.05, 3.63) is 28.2 Å². The van der Waals surface area contributed by atoms with Gasteiger partial charge in [-0.2, -0.15) is 0 Å². The second-order valence-electron chi connectivity index (χ2n) is 4.84. The van der Waals surface area contributed by atoms with E-state index in [4.69, 9.17) is 4.74 Å². The Hall–Kier alpha value is -0.580. The van der Waals surface area contributed by atoms with Gasteiger partial charge in [0.05, 0.1) is 12.7 Å². The summed E-state index contributed by atoms with van der Waals surface area (Å²) in [5.74, 6) is 0. The highest BCUT2D eigenvalue weighted by molar-refractivity contribution is 9.10. The number of hydrogen-bond donors (Lipinski definition) is 1. The zero-order valence-corrected chi connectivity index (χ0v) is 12.8. The van der Waals surface area contributed by atoms with E-state index in [1.807, 2.05) is 7.05 Å². The van der Waals surface area contributed by atoms with E-state index in [1.54, 1.807) is 0 Å². The first kappa shape index (κ1) is 13.8. The second-order valence-corrected chi connectivity index (χ2v) is 5.70. The molecule has 18 heavy (non-hydrogen) atoms. The van der Waals surface area contributed by atoms with Crippen molar-refractivity contribution in [1.29, 1.82) is 0 Å². The van der Waals surface area contributed by atoms with Gasteiger partial charge in [0.25, 0.3) is 0 Å². The molecule has 1 aliphatic rings. The molecule has 0 radical (unpaired) electrons. The van der Waals surface area contributed by atoms with Crippen LogP contribution in [-0.2, 0) is 4.74 Å². The molecule has 1 N–H and O–H groups in total.